The van der Waals surface area contributed by atoms with Crippen LogP contribution in [0.5, 0.6) is 5.75 Å². The van der Waals surface area contributed by atoms with Crippen molar-refractivity contribution in [2.75, 3.05) is 13.7 Å². The first-order chi connectivity index (χ1) is 13.3. The fourth-order valence-electron chi connectivity index (χ4n) is 2.85. The molecule has 6 N–H and O–H groups in total. The lowest BCUT2D eigenvalue weighted by Gasteiger charge is -2.18. The maximum atomic E-state index is 12.6. The maximum absolute atomic E-state index is 12.6. The van der Waals surface area contributed by atoms with Crippen LogP contribution in [0.3, 0.4) is 0 Å². The lowest BCUT2D eigenvalue weighted by Crippen LogP contribution is -2.42. The molecule has 0 aromatic heterocycles. The topological polar surface area (TPSA) is 140 Å². The Bertz CT molecular complexity index is 878. The van der Waals surface area contributed by atoms with E-state index in [9.17, 15) is 14.7 Å². The Morgan fingerprint density at radius 2 is 1.86 bits per heavy atom. The number of aliphatic carboxylic acids is 1. The molecule has 0 saturated carbocycles. The number of aliphatic imine (C=N–C) groups is 1. The predicted molar refractivity (Wildman–Crippen MR) is 108 cm³/mol. The minimum Gasteiger partial charge on any atom is -0.497 e. The third-order valence-corrected chi connectivity index (χ3v) is 4.52. The first kappa shape index (κ1) is 21.0. The van der Waals surface area contributed by atoms with Crippen LogP contribution in [0.1, 0.15) is 31.2 Å². The summed E-state index contributed by atoms with van der Waals surface area (Å²) in [6.45, 7) is 2.06. The Morgan fingerprint density at radius 1 is 1.18 bits per heavy atom. The van der Waals surface area contributed by atoms with Crippen molar-refractivity contribution in [1.82, 2.24) is 5.32 Å². The first-order valence-corrected chi connectivity index (χ1v) is 8.98. The third kappa shape index (κ3) is 5.60. The molecule has 1 amide bonds. The average Bonchev–Trinajstić information content (AvgIpc) is 2.68. The fourth-order valence-corrected chi connectivity index (χ4v) is 2.85. The van der Waals surface area contributed by atoms with Gasteiger partial charge in [-0.25, -0.2) is 4.79 Å². The molecule has 2 atom stereocenters. The summed E-state index contributed by atoms with van der Waals surface area (Å²) in [6, 6.07) is 10.4. The van der Waals surface area contributed by atoms with Crippen LogP contribution in [0.2, 0.25) is 0 Å². The molecule has 0 aliphatic heterocycles. The molecule has 0 spiro atoms. The van der Waals surface area contributed by atoms with Crippen molar-refractivity contribution < 1.29 is 19.4 Å². The van der Waals surface area contributed by atoms with Crippen LogP contribution >= 0.6 is 0 Å². The number of nitrogens with two attached hydrogens (primary N) is 2. The third-order valence-electron chi connectivity index (χ3n) is 4.52. The van der Waals surface area contributed by atoms with Crippen LogP contribution in [-0.2, 0) is 9.59 Å². The smallest absolute Gasteiger partial charge is 0.326 e. The number of guanidine groups is 1. The van der Waals surface area contributed by atoms with Crippen LogP contribution in [0.25, 0.3) is 10.8 Å². The molecule has 0 heterocycles. The monoisotopic (exact) mass is 386 g/mol. The second-order valence-electron chi connectivity index (χ2n) is 6.54. The SMILES string of the molecule is COc1ccc2cc(C(C)C(=O)N[C@@H](CCCN=C(N)N)C(=O)O)ccc2c1. The summed E-state index contributed by atoms with van der Waals surface area (Å²) in [5, 5.41) is 13.9. The van der Waals surface area contributed by atoms with Crippen LogP contribution in [0.4, 0.5) is 0 Å². The lowest BCUT2D eigenvalue weighted by molar-refractivity contribution is -0.142. The largest absolute Gasteiger partial charge is 0.497 e. The summed E-state index contributed by atoms with van der Waals surface area (Å²) in [5.74, 6) is -1.21. The molecule has 1 unspecified atom stereocenters. The maximum Gasteiger partial charge on any atom is 0.326 e. The molecule has 8 nitrogen and oxygen atoms in total. The van der Waals surface area contributed by atoms with E-state index in [-0.39, 0.29) is 18.3 Å². The number of nitrogens with one attached hydrogen (secondary N) is 1. The van der Waals surface area contributed by atoms with Crippen LogP contribution < -0.4 is 21.5 Å². The summed E-state index contributed by atoms with van der Waals surface area (Å²) >= 11 is 0. The summed E-state index contributed by atoms with van der Waals surface area (Å²) in [7, 11) is 1.61. The number of amides is 1. The van der Waals surface area contributed by atoms with Gasteiger partial charge in [-0.15, -0.1) is 0 Å². The second kappa shape index (κ2) is 9.59. The normalized spacial score (nSPS) is 12.8. The predicted octanol–water partition coefficient (Wildman–Crippen LogP) is 1.57. The molecule has 150 valence electrons. The molecular weight excluding hydrogens is 360 g/mol. The van der Waals surface area contributed by atoms with E-state index in [1.54, 1.807) is 14.0 Å². The number of carbonyl (C=O) groups is 2. The van der Waals surface area contributed by atoms with Gasteiger partial charge < -0.3 is 26.6 Å². The van der Waals surface area contributed by atoms with Gasteiger partial charge in [-0.2, -0.15) is 0 Å². The zero-order chi connectivity index (χ0) is 20.7. The molecule has 0 aliphatic rings. The highest BCUT2D eigenvalue weighted by Gasteiger charge is 2.23. The van der Waals surface area contributed by atoms with E-state index in [2.05, 4.69) is 10.3 Å². The number of nitrogens with zero attached hydrogens (tertiary/aromatic N) is 1. The summed E-state index contributed by atoms with van der Waals surface area (Å²) in [4.78, 5) is 27.8. The molecule has 2 rings (SSSR count). The number of carboxylic acids is 1. The molecule has 0 fully saturated rings. The number of rotatable bonds is 9. The van der Waals surface area contributed by atoms with E-state index in [1.807, 2.05) is 36.4 Å². The number of benzene rings is 2. The van der Waals surface area contributed by atoms with Gasteiger partial charge in [0.15, 0.2) is 5.96 Å². The number of fused-ring (bicyclic) bond motifs is 1. The zero-order valence-corrected chi connectivity index (χ0v) is 16.0. The average molecular weight is 386 g/mol. The molecule has 8 heteroatoms. The van der Waals surface area contributed by atoms with Crippen molar-refractivity contribution in [3.05, 3.63) is 42.0 Å². The summed E-state index contributed by atoms with van der Waals surface area (Å²) in [5.41, 5.74) is 11.3. The quantitative estimate of drug-likeness (QED) is 0.293. The highest BCUT2D eigenvalue weighted by atomic mass is 16.5. The Hall–Kier alpha value is -3.29. The second-order valence-corrected chi connectivity index (χ2v) is 6.54. The number of methoxy groups -OCH3 is 1. The van der Waals surface area contributed by atoms with Gasteiger partial charge in [-0.3, -0.25) is 9.79 Å². The van der Waals surface area contributed by atoms with Crippen molar-refractivity contribution >= 4 is 28.6 Å². The van der Waals surface area contributed by atoms with Gasteiger partial charge in [0.2, 0.25) is 5.91 Å². The number of carboxylic acid groups (broad SMARTS) is 1. The summed E-state index contributed by atoms with van der Waals surface area (Å²) in [6.07, 6.45) is 0.684. The molecular formula is C20H26N4O4. The molecule has 0 saturated heterocycles. The Balaban J connectivity index is 2.06. The van der Waals surface area contributed by atoms with E-state index >= 15 is 0 Å². The molecule has 0 radical (unpaired) electrons. The van der Waals surface area contributed by atoms with Crippen molar-refractivity contribution in [2.24, 2.45) is 16.5 Å². The number of hydrogen-bond donors (Lipinski definition) is 4. The van der Waals surface area contributed by atoms with Gasteiger partial charge >= 0.3 is 5.97 Å². The minimum atomic E-state index is -1.09. The summed E-state index contributed by atoms with van der Waals surface area (Å²) < 4.78 is 5.22. The van der Waals surface area contributed by atoms with E-state index in [4.69, 9.17) is 16.2 Å². The van der Waals surface area contributed by atoms with Gasteiger partial charge in [0, 0.05) is 6.54 Å². The van der Waals surface area contributed by atoms with E-state index in [0.29, 0.717) is 13.0 Å². The van der Waals surface area contributed by atoms with Gasteiger partial charge in [0.05, 0.1) is 13.0 Å². The number of hydrogen-bond acceptors (Lipinski definition) is 4. The van der Waals surface area contributed by atoms with Crippen molar-refractivity contribution in [1.29, 1.82) is 0 Å². The van der Waals surface area contributed by atoms with Crippen LogP contribution in [-0.4, -0.2) is 42.6 Å². The molecule has 0 aliphatic carbocycles. The molecule has 2 aromatic carbocycles. The lowest BCUT2D eigenvalue weighted by atomic mass is 9.96. The minimum absolute atomic E-state index is 0.0431. The van der Waals surface area contributed by atoms with Crippen LogP contribution in [0, 0.1) is 0 Å². The Labute approximate surface area is 163 Å². The zero-order valence-electron chi connectivity index (χ0n) is 16.0. The molecule has 2 aromatic rings. The van der Waals surface area contributed by atoms with Crippen molar-refractivity contribution in [3.63, 3.8) is 0 Å². The van der Waals surface area contributed by atoms with E-state index in [0.717, 1.165) is 22.1 Å². The Morgan fingerprint density at radius 3 is 2.50 bits per heavy atom. The van der Waals surface area contributed by atoms with Crippen molar-refractivity contribution in [2.45, 2.75) is 31.7 Å². The van der Waals surface area contributed by atoms with Gasteiger partial charge in [-0.05, 0) is 48.2 Å². The van der Waals surface area contributed by atoms with Gasteiger partial charge in [0.25, 0.3) is 0 Å². The number of carbonyl (C=O) groups excluding carboxylic acids is 1. The standard InChI is InChI=1S/C20H26N4O4/c1-12(13-5-6-15-11-16(28-2)8-7-14(15)10-13)18(25)24-17(19(26)27)4-3-9-23-20(21)22/h5-8,10-12,17H,3-4,9H2,1-2H3,(H,24,25)(H,26,27)(H4,21,22,23)/t12?,17-/m0/s1. The van der Waals surface area contributed by atoms with E-state index < -0.39 is 17.9 Å². The Kier molecular flexibility index (Phi) is 7.20. The van der Waals surface area contributed by atoms with Gasteiger partial charge in [0.1, 0.15) is 11.8 Å². The molecule has 28 heavy (non-hydrogen) atoms. The van der Waals surface area contributed by atoms with Gasteiger partial charge in [-0.1, -0.05) is 24.3 Å². The van der Waals surface area contributed by atoms with Crippen molar-refractivity contribution in [3.8, 4) is 5.75 Å². The van der Waals surface area contributed by atoms with E-state index in [1.165, 1.54) is 0 Å². The van der Waals surface area contributed by atoms with Crippen LogP contribution in [0.15, 0.2) is 41.4 Å². The highest BCUT2D eigenvalue weighted by molar-refractivity contribution is 5.90. The molecule has 0 bridgehead atoms. The number of ether oxygens (including phenoxy) is 1. The first-order valence-electron chi connectivity index (χ1n) is 8.98. The highest BCUT2D eigenvalue weighted by Crippen LogP contribution is 2.25. The fraction of sp³-hybridized carbons (Fsp3) is 0.350.